The van der Waals surface area contributed by atoms with Gasteiger partial charge in [-0.05, 0) is 44.6 Å². The van der Waals surface area contributed by atoms with Crippen molar-refractivity contribution >= 4 is 5.69 Å². The Morgan fingerprint density at radius 1 is 1.47 bits per heavy atom. The maximum absolute atomic E-state index is 12.9. The van der Waals surface area contributed by atoms with Crippen molar-refractivity contribution in [2.45, 2.75) is 18.9 Å². The summed E-state index contributed by atoms with van der Waals surface area (Å²) in [6.45, 7) is 2.21. The third kappa shape index (κ3) is 2.93. The van der Waals surface area contributed by atoms with Crippen molar-refractivity contribution in [1.82, 2.24) is 4.90 Å². The van der Waals surface area contributed by atoms with Crippen LogP contribution < -0.4 is 5.32 Å². The van der Waals surface area contributed by atoms with Gasteiger partial charge in [0.05, 0.1) is 0 Å². The number of likely N-dealkylation sites (tertiary alicyclic amines) is 1. The molecule has 1 N–H and O–H groups in total. The van der Waals surface area contributed by atoms with E-state index in [1.165, 1.54) is 25.5 Å². The molecule has 82 valence electrons. The Labute approximate surface area is 90.1 Å². The molecule has 1 fully saturated rings. The molecular formula is C12H17FN2. The molecular weight excluding hydrogens is 191 g/mol. The van der Waals surface area contributed by atoms with Crippen molar-refractivity contribution in [2.24, 2.45) is 0 Å². The van der Waals surface area contributed by atoms with Gasteiger partial charge in [-0.25, -0.2) is 4.39 Å². The molecule has 2 nitrogen and oxygen atoms in total. The number of nitrogens with one attached hydrogen (secondary N) is 1. The zero-order valence-electron chi connectivity index (χ0n) is 9.04. The van der Waals surface area contributed by atoms with E-state index in [-0.39, 0.29) is 5.82 Å². The summed E-state index contributed by atoms with van der Waals surface area (Å²) >= 11 is 0. The summed E-state index contributed by atoms with van der Waals surface area (Å²) in [5.41, 5.74) is 0.885. The van der Waals surface area contributed by atoms with Crippen LogP contribution in [0, 0.1) is 5.82 Å². The van der Waals surface area contributed by atoms with Gasteiger partial charge in [0.25, 0.3) is 0 Å². The number of hydrogen-bond donors (Lipinski definition) is 1. The van der Waals surface area contributed by atoms with Crippen LogP contribution in [0.15, 0.2) is 24.3 Å². The average molecular weight is 208 g/mol. The molecule has 0 saturated carbocycles. The highest BCUT2D eigenvalue weighted by molar-refractivity contribution is 5.44. The van der Waals surface area contributed by atoms with Gasteiger partial charge in [-0.15, -0.1) is 0 Å². The Balaban J connectivity index is 1.96. The second kappa shape index (κ2) is 4.62. The molecule has 0 aromatic heterocycles. The smallest absolute Gasteiger partial charge is 0.125 e. The van der Waals surface area contributed by atoms with Crippen molar-refractivity contribution in [1.29, 1.82) is 0 Å². The van der Waals surface area contributed by atoms with Gasteiger partial charge in [-0.3, -0.25) is 0 Å². The topological polar surface area (TPSA) is 15.3 Å². The van der Waals surface area contributed by atoms with Crippen LogP contribution in [0.2, 0.25) is 0 Å². The van der Waals surface area contributed by atoms with E-state index in [0.29, 0.717) is 6.04 Å². The summed E-state index contributed by atoms with van der Waals surface area (Å²) in [5.74, 6) is -0.177. The number of piperidine rings is 1. The third-order valence-corrected chi connectivity index (χ3v) is 2.82. The number of halogens is 1. The van der Waals surface area contributed by atoms with E-state index >= 15 is 0 Å². The van der Waals surface area contributed by atoms with E-state index in [1.54, 1.807) is 12.1 Å². The summed E-state index contributed by atoms with van der Waals surface area (Å²) in [7, 11) is 2.12. The molecule has 1 aromatic rings. The minimum Gasteiger partial charge on any atom is -0.381 e. The lowest BCUT2D eigenvalue weighted by Crippen LogP contribution is -2.39. The van der Waals surface area contributed by atoms with E-state index in [0.717, 1.165) is 12.2 Å². The fourth-order valence-electron chi connectivity index (χ4n) is 2.10. The molecule has 0 aliphatic carbocycles. The van der Waals surface area contributed by atoms with E-state index in [1.807, 2.05) is 6.07 Å². The van der Waals surface area contributed by atoms with Crippen LogP contribution >= 0.6 is 0 Å². The minimum absolute atomic E-state index is 0.177. The largest absolute Gasteiger partial charge is 0.381 e. The van der Waals surface area contributed by atoms with E-state index in [9.17, 15) is 4.39 Å². The summed E-state index contributed by atoms with van der Waals surface area (Å²) in [5, 5.41) is 3.37. The second-order valence-corrected chi connectivity index (χ2v) is 4.26. The van der Waals surface area contributed by atoms with Crippen LogP contribution in [0.1, 0.15) is 12.8 Å². The van der Waals surface area contributed by atoms with Crippen LogP contribution in [0.5, 0.6) is 0 Å². The molecule has 15 heavy (non-hydrogen) atoms. The molecule has 1 aromatic carbocycles. The van der Waals surface area contributed by atoms with Crippen LogP contribution in [0.3, 0.4) is 0 Å². The Hall–Kier alpha value is -1.09. The van der Waals surface area contributed by atoms with Crippen molar-refractivity contribution in [3.63, 3.8) is 0 Å². The summed E-state index contributed by atoms with van der Waals surface area (Å²) < 4.78 is 12.9. The van der Waals surface area contributed by atoms with Gasteiger partial charge in [-0.1, -0.05) is 6.07 Å². The molecule has 0 spiro atoms. The first-order valence-corrected chi connectivity index (χ1v) is 5.45. The maximum Gasteiger partial charge on any atom is 0.125 e. The molecule has 2 rings (SSSR count). The van der Waals surface area contributed by atoms with Crippen molar-refractivity contribution in [3.8, 4) is 0 Å². The van der Waals surface area contributed by atoms with E-state index < -0.39 is 0 Å². The first-order chi connectivity index (χ1) is 7.24. The number of benzene rings is 1. The fraction of sp³-hybridized carbons (Fsp3) is 0.500. The second-order valence-electron chi connectivity index (χ2n) is 4.26. The molecule has 0 radical (unpaired) electrons. The highest BCUT2D eigenvalue weighted by Crippen LogP contribution is 2.15. The maximum atomic E-state index is 12.9. The lowest BCUT2D eigenvalue weighted by molar-refractivity contribution is 0.261. The van der Waals surface area contributed by atoms with Gasteiger partial charge in [0.1, 0.15) is 5.82 Å². The van der Waals surface area contributed by atoms with Gasteiger partial charge in [0.15, 0.2) is 0 Å². The summed E-state index contributed by atoms with van der Waals surface area (Å²) in [6, 6.07) is 7.12. The predicted octanol–water partition coefficient (Wildman–Crippen LogP) is 2.33. The van der Waals surface area contributed by atoms with Crippen molar-refractivity contribution in [2.75, 3.05) is 25.5 Å². The molecule has 0 bridgehead atoms. The lowest BCUT2D eigenvalue weighted by Gasteiger charge is -2.30. The predicted molar refractivity (Wildman–Crippen MR) is 60.5 cm³/mol. The lowest BCUT2D eigenvalue weighted by atomic mass is 10.1. The molecule has 1 aliphatic rings. The summed E-state index contributed by atoms with van der Waals surface area (Å²) in [4.78, 5) is 2.31. The SMILES string of the molecule is CN1CCCC(Nc2cccc(F)c2)C1. The van der Waals surface area contributed by atoms with Crippen LogP contribution in [0.25, 0.3) is 0 Å². The van der Waals surface area contributed by atoms with Gasteiger partial charge in [0.2, 0.25) is 0 Å². The van der Waals surface area contributed by atoms with Crippen molar-refractivity contribution in [3.05, 3.63) is 30.1 Å². The zero-order chi connectivity index (χ0) is 10.7. The standard InChI is InChI=1S/C12H17FN2/c1-15-7-3-6-12(9-15)14-11-5-2-4-10(13)8-11/h2,4-5,8,12,14H,3,6-7,9H2,1H3. The molecule has 1 unspecified atom stereocenters. The molecule has 1 heterocycles. The third-order valence-electron chi connectivity index (χ3n) is 2.82. The number of nitrogens with zero attached hydrogens (tertiary/aromatic N) is 1. The molecule has 1 saturated heterocycles. The Morgan fingerprint density at radius 3 is 3.07 bits per heavy atom. The van der Waals surface area contributed by atoms with Crippen LogP contribution in [0.4, 0.5) is 10.1 Å². The van der Waals surface area contributed by atoms with Gasteiger partial charge >= 0.3 is 0 Å². The highest BCUT2D eigenvalue weighted by Gasteiger charge is 2.16. The fourth-order valence-corrected chi connectivity index (χ4v) is 2.10. The summed E-state index contributed by atoms with van der Waals surface area (Å²) in [6.07, 6.45) is 2.38. The number of rotatable bonds is 2. The zero-order valence-corrected chi connectivity index (χ0v) is 9.04. The molecule has 1 aliphatic heterocycles. The monoisotopic (exact) mass is 208 g/mol. The number of likely N-dealkylation sites (N-methyl/N-ethyl adjacent to an activating group) is 1. The first-order valence-electron chi connectivity index (χ1n) is 5.45. The van der Waals surface area contributed by atoms with Gasteiger partial charge < -0.3 is 10.2 Å². The number of anilines is 1. The highest BCUT2D eigenvalue weighted by atomic mass is 19.1. The Bertz CT molecular complexity index is 327. The molecule has 1 atom stereocenters. The minimum atomic E-state index is -0.177. The average Bonchev–Trinajstić information content (AvgIpc) is 2.17. The van der Waals surface area contributed by atoms with Crippen LogP contribution in [-0.2, 0) is 0 Å². The van der Waals surface area contributed by atoms with Crippen LogP contribution in [-0.4, -0.2) is 31.1 Å². The molecule has 3 heteroatoms. The van der Waals surface area contributed by atoms with Crippen molar-refractivity contribution < 1.29 is 4.39 Å². The number of hydrogen-bond acceptors (Lipinski definition) is 2. The Kier molecular flexibility index (Phi) is 3.21. The van der Waals surface area contributed by atoms with E-state index in [4.69, 9.17) is 0 Å². The first kappa shape index (κ1) is 10.4. The molecule has 0 amide bonds. The van der Waals surface area contributed by atoms with Gasteiger partial charge in [0, 0.05) is 18.3 Å². The Morgan fingerprint density at radius 2 is 2.33 bits per heavy atom. The quantitative estimate of drug-likeness (QED) is 0.802. The van der Waals surface area contributed by atoms with Gasteiger partial charge in [-0.2, -0.15) is 0 Å². The normalized spacial score (nSPS) is 22.7. The van der Waals surface area contributed by atoms with E-state index in [2.05, 4.69) is 17.3 Å².